The number of amides is 1. The lowest BCUT2D eigenvalue weighted by molar-refractivity contribution is -0.134. The van der Waals surface area contributed by atoms with Gasteiger partial charge in [0.15, 0.2) is 6.61 Å². The van der Waals surface area contributed by atoms with E-state index in [1.165, 1.54) is 41.0 Å². The molecule has 1 aliphatic carbocycles. The van der Waals surface area contributed by atoms with E-state index in [4.69, 9.17) is 4.74 Å². The molecule has 1 saturated heterocycles. The molecule has 1 amide bonds. The Balaban J connectivity index is 1.26. The van der Waals surface area contributed by atoms with E-state index in [1.807, 2.05) is 6.07 Å². The van der Waals surface area contributed by atoms with Gasteiger partial charge in [0.25, 0.3) is 5.91 Å². The highest BCUT2D eigenvalue weighted by Gasteiger charge is 2.24. The van der Waals surface area contributed by atoms with Gasteiger partial charge in [-0.05, 0) is 43.4 Å². The fraction of sp³-hybridized carbons (Fsp3) is 0.500. The summed E-state index contributed by atoms with van der Waals surface area (Å²) in [6.07, 6.45) is 9.11. The highest BCUT2D eigenvalue weighted by atomic mass is 32.1. The minimum absolute atomic E-state index is 0.153. The highest BCUT2D eigenvalue weighted by molar-refractivity contribution is 7.14. The predicted molar refractivity (Wildman–Crippen MR) is 107 cm³/mol. The minimum Gasteiger partial charge on any atom is -0.451 e. The average molecular weight is 401 g/mol. The van der Waals surface area contributed by atoms with E-state index >= 15 is 0 Å². The Labute approximate surface area is 168 Å². The maximum atomic E-state index is 12.4. The van der Waals surface area contributed by atoms with E-state index in [2.05, 4.69) is 14.9 Å². The Morgan fingerprint density at radius 3 is 2.57 bits per heavy atom. The molecule has 4 rings (SSSR count). The standard InChI is InChI=1S/C20H24N4O3S/c25-18(23-9-11-24(12-10-23)20-21-7-4-8-22-20)14-27-19(26)17-13-15-5-2-1-3-6-16(15)28-17/h4,7-8,13H,1-3,5-6,9-12,14H2. The predicted octanol–water partition coefficient (Wildman–Crippen LogP) is 2.31. The van der Waals surface area contributed by atoms with Crippen molar-refractivity contribution in [3.63, 3.8) is 0 Å². The normalized spacial score (nSPS) is 17.0. The SMILES string of the molecule is O=C(OCC(=O)N1CCN(c2ncccn2)CC1)c1cc2c(s1)CCCCC2. The van der Waals surface area contributed by atoms with Crippen LogP contribution in [0.15, 0.2) is 24.5 Å². The van der Waals surface area contributed by atoms with Gasteiger partial charge in [0.2, 0.25) is 5.95 Å². The molecule has 2 aliphatic rings. The third-order valence-corrected chi connectivity index (χ3v) is 6.46. The lowest BCUT2D eigenvalue weighted by Gasteiger charge is -2.34. The Hall–Kier alpha value is -2.48. The average Bonchev–Trinajstić information content (AvgIpc) is 3.03. The van der Waals surface area contributed by atoms with Gasteiger partial charge >= 0.3 is 5.97 Å². The van der Waals surface area contributed by atoms with Crippen molar-refractivity contribution in [2.75, 3.05) is 37.7 Å². The van der Waals surface area contributed by atoms with Gasteiger partial charge in [0.1, 0.15) is 4.88 Å². The van der Waals surface area contributed by atoms with Gasteiger partial charge in [-0.15, -0.1) is 11.3 Å². The van der Waals surface area contributed by atoms with Crippen molar-refractivity contribution in [2.24, 2.45) is 0 Å². The summed E-state index contributed by atoms with van der Waals surface area (Å²) in [6, 6.07) is 3.74. The maximum Gasteiger partial charge on any atom is 0.348 e. The van der Waals surface area contributed by atoms with Crippen LogP contribution in [0.4, 0.5) is 5.95 Å². The van der Waals surface area contributed by atoms with E-state index in [1.54, 1.807) is 23.4 Å². The quantitative estimate of drug-likeness (QED) is 0.579. The van der Waals surface area contributed by atoms with Crippen LogP contribution in [0, 0.1) is 0 Å². The Morgan fingerprint density at radius 1 is 1.04 bits per heavy atom. The summed E-state index contributed by atoms with van der Waals surface area (Å²) in [6.45, 7) is 2.27. The summed E-state index contributed by atoms with van der Waals surface area (Å²) in [7, 11) is 0. The van der Waals surface area contributed by atoms with E-state index in [-0.39, 0.29) is 18.5 Å². The molecule has 1 fully saturated rings. The molecule has 0 bridgehead atoms. The monoisotopic (exact) mass is 400 g/mol. The van der Waals surface area contributed by atoms with Crippen LogP contribution in [0.1, 0.15) is 39.4 Å². The molecule has 0 spiro atoms. The molecule has 7 nitrogen and oxygen atoms in total. The van der Waals surface area contributed by atoms with Crippen molar-refractivity contribution >= 4 is 29.2 Å². The van der Waals surface area contributed by atoms with Crippen LogP contribution in [0.2, 0.25) is 0 Å². The summed E-state index contributed by atoms with van der Waals surface area (Å²) in [4.78, 5) is 39.0. The number of rotatable bonds is 4. The summed E-state index contributed by atoms with van der Waals surface area (Å²) >= 11 is 1.52. The zero-order chi connectivity index (χ0) is 19.3. The van der Waals surface area contributed by atoms with Crippen molar-refractivity contribution in [1.29, 1.82) is 0 Å². The molecule has 2 aromatic heterocycles. The molecule has 0 saturated carbocycles. The van der Waals surface area contributed by atoms with Crippen molar-refractivity contribution in [1.82, 2.24) is 14.9 Å². The van der Waals surface area contributed by atoms with Gasteiger partial charge < -0.3 is 14.5 Å². The lowest BCUT2D eigenvalue weighted by Crippen LogP contribution is -2.50. The second-order valence-electron chi connectivity index (χ2n) is 7.11. The van der Waals surface area contributed by atoms with Gasteiger partial charge in [-0.2, -0.15) is 0 Å². The fourth-order valence-corrected chi connectivity index (χ4v) is 4.82. The van der Waals surface area contributed by atoms with Crippen LogP contribution in [0.25, 0.3) is 0 Å². The molecule has 148 valence electrons. The first-order valence-electron chi connectivity index (χ1n) is 9.79. The molecule has 0 unspecified atom stereocenters. The third-order valence-electron chi connectivity index (χ3n) is 5.24. The smallest absolute Gasteiger partial charge is 0.348 e. The molecule has 0 aromatic carbocycles. The first kappa shape index (κ1) is 18.9. The van der Waals surface area contributed by atoms with Gasteiger partial charge in [-0.3, -0.25) is 4.79 Å². The number of thiophene rings is 1. The molecule has 8 heteroatoms. The van der Waals surface area contributed by atoms with Crippen LogP contribution in [-0.4, -0.2) is 59.5 Å². The number of fused-ring (bicyclic) bond motifs is 1. The zero-order valence-electron chi connectivity index (χ0n) is 15.8. The Bertz CT molecular complexity index is 808. The molecule has 0 radical (unpaired) electrons. The summed E-state index contributed by atoms with van der Waals surface area (Å²) in [5.41, 5.74) is 1.28. The first-order valence-corrected chi connectivity index (χ1v) is 10.6. The first-order chi connectivity index (χ1) is 13.7. The molecule has 0 N–H and O–H groups in total. The van der Waals surface area contributed by atoms with Crippen LogP contribution < -0.4 is 4.90 Å². The van der Waals surface area contributed by atoms with Gasteiger partial charge in [0.05, 0.1) is 0 Å². The Morgan fingerprint density at radius 2 is 1.79 bits per heavy atom. The van der Waals surface area contributed by atoms with Gasteiger partial charge in [-0.25, -0.2) is 14.8 Å². The van der Waals surface area contributed by atoms with Crippen molar-refractivity contribution < 1.29 is 14.3 Å². The molecule has 1 aliphatic heterocycles. The second kappa shape index (κ2) is 8.68. The van der Waals surface area contributed by atoms with E-state index in [0.29, 0.717) is 37.0 Å². The van der Waals surface area contributed by atoms with Gasteiger partial charge in [-0.1, -0.05) is 6.42 Å². The molecule has 28 heavy (non-hydrogen) atoms. The second-order valence-corrected chi connectivity index (χ2v) is 8.25. The number of esters is 1. The topological polar surface area (TPSA) is 75.6 Å². The molecule has 2 aromatic rings. The van der Waals surface area contributed by atoms with E-state index in [0.717, 1.165) is 12.8 Å². The number of nitrogens with zero attached hydrogens (tertiary/aromatic N) is 4. The largest absolute Gasteiger partial charge is 0.451 e. The number of carbonyl (C=O) groups excluding carboxylic acids is 2. The summed E-state index contributed by atoms with van der Waals surface area (Å²) in [5, 5.41) is 0. The van der Waals surface area contributed by atoms with Crippen LogP contribution >= 0.6 is 11.3 Å². The highest BCUT2D eigenvalue weighted by Crippen LogP contribution is 2.29. The van der Waals surface area contributed by atoms with Crippen molar-refractivity contribution in [3.8, 4) is 0 Å². The molecular formula is C20H24N4O3S. The number of hydrogen-bond donors (Lipinski definition) is 0. The van der Waals surface area contributed by atoms with Gasteiger partial charge in [0, 0.05) is 43.4 Å². The van der Waals surface area contributed by atoms with Crippen molar-refractivity contribution in [3.05, 3.63) is 39.8 Å². The Kier molecular flexibility index (Phi) is 5.85. The summed E-state index contributed by atoms with van der Waals surface area (Å²) < 4.78 is 5.31. The van der Waals surface area contributed by atoms with Crippen molar-refractivity contribution in [2.45, 2.75) is 32.1 Å². The maximum absolute atomic E-state index is 12.4. The van der Waals surface area contributed by atoms with Crippen LogP contribution in [-0.2, 0) is 22.4 Å². The van der Waals surface area contributed by atoms with E-state index < -0.39 is 0 Å². The number of hydrogen-bond acceptors (Lipinski definition) is 7. The van der Waals surface area contributed by atoms with E-state index in [9.17, 15) is 9.59 Å². The number of aryl methyl sites for hydroxylation is 2. The number of aromatic nitrogens is 2. The minimum atomic E-state index is -0.386. The zero-order valence-corrected chi connectivity index (χ0v) is 16.6. The molecule has 0 atom stereocenters. The lowest BCUT2D eigenvalue weighted by atomic mass is 10.1. The number of piperazine rings is 1. The fourth-order valence-electron chi connectivity index (χ4n) is 3.67. The summed E-state index contributed by atoms with van der Waals surface area (Å²) in [5.74, 6) is 0.140. The molecule has 3 heterocycles. The molecular weight excluding hydrogens is 376 g/mol. The number of carbonyl (C=O) groups is 2. The number of anilines is 1. The van der Waals surface area contributed by atoms with Crippen LogP contribution in [0.3, 0.4) is 0 Å². The van der Waals surface area contributed by atoms with Crippen LogP contribution in [0.5, 0.6) is 0 Å². The number of ether oxygens (including phenoxy) is 1. The third kappa shape index (κ3) is 4.32.